The molecule has 1 aromatic carbocycles. The Labute approximate surface area is 105 Å². The van der Waals surface area contributed by atoms with Gasteiger partial charge in [-0.15, -0.1) is 0 Å². The van der Waals surface area contributed by atoms with Gasteiger partial charge in [0.05, 0.1) is 4.90 Å². The third kappa shape index (κ3) is 2.70. The van der Waals surface area contributed by atoms with Crippen LogP contribution in [0.3, 0.4) is 0 Å². The minimum absolute atomic E-state index is 0.154. The van der Waals surface area contributed by atoms with E-state index in [1.54, 1.807) is 12.1 Å². The summed E-state index contributed by atoms with van der Waals surface area (Å²) in [6, 6.07) is 5.70. The SMILES string of the molecule is NC(Cc1ccccc1S(=O)(=O)C(F)F)C1CC1. The zero-order valence-electron chi connectivity index (χ0n) is 9.72. The molecule has 1 aliphatic carbocycles. The van der Waals surface area contributed by atoms with Crippen molar-refractivity contribution in [3.8, 4) is 0 Å². The number of halogens is 2. The number of alkyl halides is 2. The highest BCUT2D eigenvalue weighted by Crippen LogP contribution is 2.34. The highest BCUT2D eigenvalue weighted by molar-refractivity contribution is 7.91. The second-order valence-electron chi connectivity index (χ2n) is 4.62. The molecule has 1 aromatic rings. The van der Waals surface area contributed by atoms with E-state index >= 15 is 0 Å². The van der Waals surface area contributed by atoms with Crippen molar-refractivity contribution < 1.29 is 17.2 Å². The molecule has 1 atom stereocenters. The summed E-state index contributed by atoms with van der Waals surface area (Å²) in [5, 5.41) is 0. The quantitative estimate of drug-likeness (QED) is 0.893. The zero-order valence-corrected chi connectivity index (χ0v) is 10.5. The molecule has 100 valence electrons. The standard InChI is InChI=1S/C12H15F2NO2S/c13-12(14)18(16,17)11-4-2-1-3-9(11)7-10(15)8-5-6-8/h1-4,8,10,12H,5-7,15H2. The molecule has 0 radical (unpaired) electrons. The van der Waals surface area contributed by atoms with Crippen molar-refractivity contribution in [1.29, 1.82) is 0 Å². The van der Waals surface area contributed by atoms with E-state index < -0.39 is 15.6 Å². The van der Waals surface area contributed by atoms with Crippen LogP contribution in [0.1, 0.15) is 18.4 Å². The van der Waals surface area contributed by atoms with E-state index in [-0.39, 0.29) is 10.9 Å². The molecule has 18 heavy (non-hydrogen) atoms. The third-order valence-electron chi connectivity index (χ3n) is 3.20. The molecule has 2 N–H and O–H groups in total. The van der Waals surface area contributed by atoms with E-state index in [1.165, 1.54) is 12.1 Å². The van der Waals surface area contributed by atoms with E-state index in [0.29, 0.717) is 17.9 Å². The predicted molar refractivity (Wildman–Crippen MR) is 64.0 cm³/mol. The molecular formula is C12H15F2NO2S. The van der Waals surface area contributed by atoms with Crippen molar-refractivity contribution in [3.63, 3.8) is 0 Å². The summed E-state index contributed by atoms with van der Waals surface area (Å²) in [6.07, 6.45) is 2.39. The van der Waals surface area contributed by atoms with Crippen LogP contribution in [0.15, 0.2) is 29.2 Å². The molecule has 1 saturated carbocycles. The van der Waals surface area contributed by atoms with Gasteiger partial charge in [0.15, 0.2) is 0 Å². The zero-order chi connectivity index (χ0) is 13.3. The number of sulfone groups is 1. The molecule has 1 unspecified atom stereocenters. The van der Waals surface area contributed by atoms with Crippen LogP contribution in [0.5, 0.6) is 0 Å². The van der Waals surface area contributed by atoms with E-state index in [9.17, 15) is 17.2 Å². The molecule has 2 rings (SSSR count). The number of benzene rings is 1. The van der Waals surface area contributed by atoms with Gasteiger partial charge in [-0.2, -0.15) is 8.78 Å². The van der Waals surface area contributed by atoms with Crippen LogP contribution < -0.4 is 5.73 Å². The topological polar surface area (TPSA) is 60.2 Å². The molecular weight excluding hydrogens is 260 g/mol. The highest BCUT2D eigenvalue weighted by Gasteiger charge is 2.32. The van der Waals surface area contributed by atoms with Gasteiger partial charge in [-0.05, 0) is 36.8 Å². The number of hydrogen-bond acceptors (Lipinski definition) is 3. The Balaban J connectivity index is 2.30. The monoisotopic (exact) mass is 275 g/mol. The van der Waals surface area contributed by atoms with Crippen molar-refractivity contribution in [2.75, 3.05) is 0 Å². The van der Waals surface area contributed by atoms with E-state index in [1.807, 2.05) is 0 Å². The highest BCUT2D eigenvalue weighted by atomic mass is 32.2. The van der Waals surface area contributed by atoms with E-state index in [0.717, 1.165) is 12.8 Å². The molecule has 0 spiro atoms. The first kappa shape index (κ1) is 13.4. The average molecular weight is 275 g/mol. The van der Waals surface area contributed by atoms with Crippen molar-refractivity contribution in [2.45, 2.75) is 36.0 Å². The van der Waals surface area contributed by atoms with Gasteiger partial charge in [-0.3, -0.25) is 0 Å². The van der Waals surface area contributed by atoms with Gasteiger partial charge in [0.1, 0.15) is 0 Å². The summed E-state index contributed by atoms with van der Waals surface area (Å²) in [5.41, 5.74) is 6.30. The molecule has 0 bridgehead atoms. The van der Waals surface area contributed by atoms with Gasteiger partial charge < -0.3 is 5.73 Å². The molecule has 0 aliphatic heterocycles. The molecule has 3 nitrogen and oxygen atoms in total. The van der Waals surface area contributed by atoms with Crippen LogP contribution in [-0.4, -0.2) is 20.2 Å². The number of rotatable bonds is 5. The largest absolute Gasteiger partial charge is 0.341 e. The average Bonchev–Trinajstić information content (AvgIpc) is 3.13. The summed E-state index contributed by atoms with van der Waals surface area (Å²) in [4.78, 5) is -0.295. The summed E-state index contributed by atoms with van der Waals surface area (Å²) >= 11 is 0. The molecule has 0 aromatic heterocycles. The maximum Gasteiger partial charge on any atom is 0.341 e. The minimum atomic E-state index is -4.55. The lowest BCUT2D eigenvalue weighted by Crippen LogP contribution is -2.26. The first-order valence-corrected chi connectivity index (χ1v) is 7.33. The van der Waals surface area contributed by atoms with Gasteiger partial charge >= 0.3 is 5.76 Å². The van der Waals surface area contributed by atoms with Gasteiger partial charge in [-0.1, -0.05) is 18.2 Å². The fraction of sp³-hybridized carbons (Fsp3) is 0.500. The van der Waals surface area contributed by atoms with Crippen LogP contribution >= 0.6 is 0 Å². The van der Waals surface area contributed by atoms with Crippen LogP contribution in [0.4, 0.5) is 8.78 Å². The molecule has 0 amide bonds. The van der Waals surface area contributed by atoms with Crippen molar-refractivity contribution in [1.82, 2.24) is 0 Å². The molecule has 0 saturated heterocycles. The first-order chi connectivity index (χ1) is 8.43. The van der Waals surface area contributed by atoms with Crippen molar-refractivity contribution in [2.24, 2.45) is 11.7 Å². The van der Waals surface area contributed by atoms with Gasteiger partial charge in [0, 0.05) is 6.04 Å². The lowest BCUT2D eigenvalue weighted by atomic mass is 10.0. The molecule has 6 heteroatoms. The van der Waals surface area contributed by atoms with Crippen molar-refractivity contribution in [3.05, 3.63) is 29.8 Å². The first-order valence-electron chi connectivity index (χ1n) is 5.78. The van der Waals surface area contributed by atoms with Crippen LogP contribution in [0, 0.1) is 5.92 Å². The Hall–Kier alpha value is -1.01. The van der Waals surface area contributed by atoms with Gasteiger partial charge in [-0.25, -0.2) is 8.42 Å². The summed E-state index contributed by atoms with van der Waals surface area (Å²) in [7, 11) is -4.55. The molecule has 1 aliphatic rings. The maximum atomic E-state index is 12.6. The summed E-state index contributed by atoms with van der Waals surface area (Å²) in [5.74, 6) is -3.00. The van der Waals surface area contributed by atoms with Crippen molar-refractivity contribution >= 4 is 9.84 Å². The Bertz CT molecular complexity index is 527. The van der Waals surface area contributed by atoms with E-state index in [4.69, 9.17) is 5.73 Å². The number of nitrogens with two attached hydrogens (primary N) is 1. The second kappa shape index (κ2) is 4.93. The molecule has 1 fully saturated rings. The second-order valence-corrected chi connectivity index (χ2v) is 6.50. The fourth-order valence-electron chi connectivity index (χ4n) is 1.99. The predicted octanol–water partition coefficient (Wildman–Crippen LogP) is 1.96. The lowest BCUT2D eigenvalue weighted by Gasteiger charge is -2.14. The van der Waals surface area contributed by atoms with E-state index in [2.05, 4.69) is 0 Å². The number of hydrogen-bond donors (Lipinski definition) is 1. The normalized spacial score (nSPS) is 18.0. The third-order valence-corrected chi connectivity index (χ3v) is 4.68. The minimum Gasteiger partial charge on any atom is -0.327 e. The maximum absolute atomic E-state index is 12.6. The van der Waals surface area contributed by atoms with Gasteiger partial charge in [0.2, 0.25) is 9.84 Å². The Morgan fingerprint density at radius 1 is 1.28 bits per heavy atom. The van der Waals surface area contributed by atoms with Crippen LogP contribution in [-0.2, 0) is 16.3 Å². The smallest absolute Gasteiger partial charge is 0.327 e. The Kier molecular flexibility index (Phi) is 3.68. The Morgan fingerprint density at radius 3 is 2.44 bits per heavy atom. The Morgan fingerprint density at radius 2 is 1.89 bits per heavy atom. The van der Waals surface area contributed by atoms with Crippen LogP contribution in [0.25, 0.3) is 0 Å². The van der Waals surface area contributed by atoms with Crippen LogP contribution in [0.2, 0.25) is 0 Å². The van der Waals surface area contributed by atoms with Gasteiger partial charge in [0.25, 0.3) is 0 Å². The molecule has 0 heterocycles. The lowest BCUT2D eigenvalue weighted by molar-refractivity contribution is 0.234. The summed E-state index contributed by atoms with van der Waals surface area (Å²) in [6.45, 7) is 0. The summed E-state index contributed by atoms with van der Waals surface area (Å²) < 4.78 is 48.2. The fourth-order valence-corrected chi connectivity index (χ4v) is 2.97.